The van der Waals surface area contributed by atoms with Crippen LogP contribution in [0.1, 0.15) is 4.88 Å². The van der Waals surface area contributed by atoms with Gasteiger partial charge >= 0.3 is 0 Å². The Bertz CT molecular complexity index is 530. The fourth-order valence-corrected chi connectivity index (χ4v) is 2.76. The third-order valence-corrected chi connectivity index (χ3v) is 3.63. The lowest BCUT2D eigenvalue weighted by Crippen LogP contribution is -2.08. The van der Waals surface area contributed by atoms with Gasteiger partial charge in [0.25, 0.3) is 0 Å². The van der Waals surface area contributed by atoms with Gasteiger partial charge in [-0.05, 0) is 12.1 Å². The number of benzene rings is 1. The minimum Gasteiger partial charge on any atom is -0.383 e. The molecule has 0 fully saturated rings. The molecule has 3 nitrogen and oxygen atoms in total. The van der Waals surface area contributed by atoms with Crippen molar-refractivity contribution in [1.82, 2.24) is 4.98 Å². The minimum atomic E-state index is -0.00748. The van der Waals surface area contributed by atoms with Crippen LogP contribution in [0.3, 0.4) is 0 Å². The van der Waals surface area contributed by atoms with E-state index in [-0.39, 0.29) is 5.84 Å². The van der Waals surface area contributed by atoms with Gasteiger partial charge < -0.3 is 5.73 Å². The van der Waals surface area contributed by atoms with Gasteiger partial charge in [-0.1, -0.05) is 29.3 Å². The molecule has 0 radical (unpaired) electrons. The molecule has 0 atom stereocenters. The van der Waals surface area contributed by atoms with Gasteiger partial charge in [0.05, 0.1) is 14.9 Å². The zero-order chi connectivity index (χ0) is 11.7. The van der Waals surface area contributed by atoms with Crippen molar-refractivity contribution in [2.24, 2.45) is 5.73 Å². The van der Waals surface area contributed by atoms with Crippen LogP contribution in [-0.4, -0.2) is 10.8 Å². The number of hydrogen-bond acceptors (Lipinski definition) is 3. The molecule has 2 aromatic rings. The van der Waals surface area contributed by atoms with Crippen LogP contribution in [0.5, 0.6) is 0 Å². The lowest BCUT2D eigenvalue weighted by atomic mass is 10.2. The summed E-state index contributed by atoms with van der Waals surface area (Å²) in [4.78, 5) is 4.76. The Balaban J connectivity index is 2.54. The standard InChI is InChI=1S/C10H7Cl2N3S/c11-5-2-1-3-6(12)8(5)10-15-4-7(16-10)9(13)14/h1-4H,(H3,13,14). The number of nitrogens with zero attached hydrogens (tertiary/aromatic N) is 1. The third kappa shape index (κ3) is 2.04. The Hall–Kier alpha value is -1.10. The molecular formula is C10H7Cl2N3S. The second kappa shape index (κ2) is 4.41. The Kier molecular flexibility index (Phi) is 3.14. The summed E-state index contributed by atoms with van der Waals surface area (Å²) >= 11 is 13.4. The molecule has 82 valence electrons. The second-order valence-electron chi connectivity index (χ2n) is 3.04. The van der Waals surface area contributed by atoms with Gasteiger partial charge in [-0.2, -0.15) is 0 Å². The smallest absolute Gasteiger partial charge is 0.134 e. The number of halogens is 2. The molecule has 0 unspecified atom stereocenters. The first-order valence-corrected chi connectivity index (χ1v) is 5.91. The maximum atomic E-state index is 7.30. The van der Waals surface area contributed by atoms with Crippen LogP contribution in [0.4, 0.5) is 0 Å². The summed E-state index contributed by atoms with van der Waals surface area (Å²) in [5.41, 5.74) is 6.05. The van der Waals surface area contributed by atoms with Crippen LogP contribution in [-0.2, 0) is 0 Å². The zero-order valence-electron chi connectivity index (χ0n) is 8.00. The van der Waals surface area contributed by atoms with Gasteiger partial charge in [-0.3, -0.25) is 5.41 Å². The highest BCUT2D eigenvalue weighted by Gasteiger charge is 2.13. The average molecular weight is 272 g/mol. The van der Waals surface area contributed by atoms with E-state index in [2.05, 4.69) is 4.98 Å². The Morgan fingerprint density at radius 3 is 2.44 bits per heavy atom. The molecule has 0 aliphatic carbocycles. The van der Waals surface area contributed by atoms with Gasteiger partial charge in [0, 0.05) is 11.8 Å². The summed E-state index contributed by atoms with van der Waals surface area (Å²) < 4.78 is 0. The first-order chi connectivity index (χ1) is 7.59. The SMILES string of the molecule is N=C(N)c1cnc(-c2c(Cl)cccc2Cl)s1. The highest BCUT2D eigenvalue weighted by Crippen LogP contribution is 2.36. The Labute approximate surface area is 106 Å². The average Bonchev–Trinajstić information content (AvgIpc) is 2.66. The first-order valence-electron chi connectivity index (χ1n) is 4.34. The normalized spacial score (nSPS) is 10.4. The molecule has 16 heavy (non-hydrogen) atoms. The van der Waals surface area contributed by atoms with E-state index < -0.39 is 0 Å². The van der Waals surface area contributed by atoms with Crippen molar-refractivity contribution < 1.29 is 0 Å². The number of aromatic nitrogens is 1. The van der Waals surface area contributed by atoms with E-state index in [0.29, 0.717) is 25.5 Å². The first kappa shape index (κ1) is 11.4. The lowest BCUT2D eigenvalue weighted by molar-refractivity contribution is 1.39. The summed E-state index contributed by atoms with van der Waals surface area (Å²) in [5, 5.41) is 9.05. The van der Waals surface area contributed by atoms with Crippen LogP contribution in [0.25, 0.3) is 10.6 Å². The molecular weight excluding hydrogens is 265 g/mol. The largest absolute Gasteiger partial charge is 0.383 e. The van der Waals surface area contributed by atoms with Crippen LogP contribution in [0.15, 0.2) is 24.4 Å². The van der Waals surface area contributed by atoms with Crippen molar-refractivity contribution in [3.05, 3.63) is 39.3 Å². The van der Waals surface area contributed by atoms with E-state index in [1.165, 1.54) is 11.3 Å². The van der Waals surface area contributed by atoms with E-state index in [4.69, 9.17) is 34.3 Å². The zero-order valence-corrected chi connectivity index (χ0v) is 10.3. The molecule has 1 aromatic heterocycles. The van der Waals surface area contributed by atoms with Gasteiger partial charge in [0.1, 0.15) is 10.8 Å². The monoisotopic (exact) mass is 271 g/mol. The van der Waals surface area contributed by atoms with E-state index in [9.17, 15) is 0 Å². The van der Waals surface area contributed by atoms with E-state index in [1.807, 2.05) is 0 Å². The van der Waals surface area contributed by atoms with Crippen LogP contribution in [0, 0.1) is 5.41 Å². The number of nitrogen functional groups attached to an aromatic ring is 1. The van der Waals surface area contributed by atoms with Crippen molar-refractivity contribution in [1.29, 1.82) is 5.41 Å². The molecule has 2 rings (SSSR count). The molecule has 0 aliphatic rings. The van der Waals surface area contributed by atoms with Crippen molar-refractivity contribution in [3.8, 4) is 10.6 Å². The maximum absolute atomic E-state index is 7.30. The summed E-state index contributed by atoms with van der Waals surface area (Å²) in [6.45, 7) is 0. The minimum absolute atomic E-state index is 0.00748. The number of hydrogen-bond donors (Lipinski definition) is 2. The fourth-order valence-electron chi connectivity index (χ4n) is 1.22. The molecule has 0 saturated heterocycles. The highest BCUT2D eigenvalue weighted by atomic mass is 35.5. The molecule has 0 aliphatic heterocycles. The van der Waals surface area contributed by atoms with Crippen molar-refractivity contribution >= 4 is 40.4 Å². The summed E-state index contributed by atoms with van der Waals surface area (Å²) in [6, 6.07) is 5.27. The quantitative estimate of drug-likeness (QED) is 0.650. The van der Waals surface area contributed by atoms with Crippen LogP contribution >= 0.6 is 34.5 Å². The fraction of sp³-hybridized carbons (Fsp3) is 0. The van der Waals surface area contributed by atoms with E-state index in [1.54, 1.807) is 24.4 Å². The van der Waals surface area contributed by atoms with Gasteiger partial charge in [-0.25, -0.2) is 4.98 Å². The summed E-state index contributed by atoms with van der Waals surface area (Å²) in [5.74, 6) is -0.00748. The Morgan fingerprint density at radius 2 is 1.94 bits per heavy atom. The van der Waals surface area contributed by atoms with Crippen LogP contribution < -0.4 is 5.73 Å². The van der Waals surface area contributed by atoms with Crippen molar-refractivity contribution in [3.63, 3.8) is 0 Å². The van der Waals surface area contributed by atoms with Gasteiger partial charge in [0.2, 0.25) is 0 Å². The number of thiazole rings is 1. The number of nitrogens with two attached hydrogens (primary N) is 1. The highest BCUT2D eigenvalue weighted by molar-refractivity contribution is 7.17. The summed E-state index contributed by atoms with van der Waals surface area (Å²) in [7, 11) is 0. The van der Waals surface area contributed by atoms with Crippen LogP contribution in [0.2, 0.25) is 10.0 Å². The van der Waals surface area contributed by atoms with Crippen molar-refractivity contribution in [2.75, 3.05) is 0 Å². The molecule has 0 saturated carbocycles. The summed E-state index contributed by atoms with van der Waals surface area (Å²) in [6.07, 6.45) is 1.54. The number of amidine groups is 1. The van der Waals surface area contributed by atoms with E-state index in [0.717, 1.165) is 0 Å². The molecule has 0 amide bonds. The molecule has 1 aromatic carbocycles. The predicted octanol–water partition coefficient (Wildman–Crippen LogP) is 3.40. The van der Waals surface area contributed by atoms with Crippen molar-refractivity contribution in [2.45, 2.75) is 0 Å². The number of rotatable bonds is 2. The third-order valence-electron chi connectivity index (χ3n) is 1.95. The topological polar surface area (TPSA) is 62.8 Å². The second-order valence-corrected chi connectivity index (χ2v) is 4.89. The predicted molar refractivity (Wildman–Crippen MR) is 68.6 cm³/mol. The molecule has 3 N–H and O–H groups in total. The molecule has 0 bridgehead atoms. The van der Waals surface area contributed by atoms with Gasteiger partial charge in [0.15, 0.2) is 0 Å². The Morgan fingerprint density at radius 1 is 1.31 bits per heavy atom. The molecule has 0 spiro atoms. The lowest BCUT2D eigenvalue weighted by Gasteiger charge is -2.02. The molecule has 6 heteroatoms. The van der Waals surface area contributed by atoms with E-state index >= 15 is 0 Å². The van der Waals surface area contributed by atoms with Gasteiger partial charge in [-0.15, -0.1) is 11.3 Å². The molecule has 1 heterocycles. The number of nitrogens with one attached hydrogen (secondary N) is 1. The maximum Gasteiger partial charge on any atom is 0.134 e.